The van der Waals surface area contributed by atoms with Gasteiger partial charge in [0, 0.05) is 11.8 Å². The van der Waals surface area contributed by atoms with Crippen LogP contribution in [0.25, 0.3) is 0 Å². The second-order valence-corrected chi connectivity index (χ2v) is 2.95. The molecule has 0 aliphatic carbocycles. The first-order valence-electron chi connectivity index (χ1n) is 3.65. The first-order valence-corrected chi connectivity index (χ1v) is 4.82. The summed E-state index contributed by atoms with van der Waals surface area (Å²) in [6.07, 6.45) is 1.52. The second-order valence-electron chi connectivity index (χ2n) is 1.76. The molecule has 1 heterocycles. The van der Waals surface area contributed by atoms with E-state index in [-0.39, 0.29) is 6.61 Å². The van der Waals surface area contributed by atoms with Crippen molar-refractivity contribution in [1.82, 2.24) is 4.98 Å². The molecule has 0 saturated carbocycles. The molecule has 68 valence electrons. The van der Waals surface area contributed by atoms with E-state index in [1.165, 1.54) is 6.20 Å². The van der Waals surface area contributed by atoms with Gasteiger partial charge < -0.3 is 5.11 Å². The lowest BCUT2D eigenvalue weighted by atomic mass is 10.3. The molecule has 0 spiro atoms. The van der Waals surface area contributed by atoms with E-state index in [2.05, 4.69) is 20.9 Å². The molecule has 0 aliphatic rings. The van der Waals surface area contributed by atoms with Crippen LogP contribution < -0.4 is 0 Å². The molecule has 0 radical (unpaired) electrons. The fraction of sp³-hybridized carbons (Fsp3) is 0.375. The van der Waals surface area contributed by atoms with Gasteiger partial charge in [-0.05, 0) is 22.0 Å². The van der Waals surface area contributed by atoms with Crippen molar-refractivity contribution < 1.29 is 5.11 Å². The summed E-state index contributed by atoms with van der Waals surface area (Å²) >= 11 is 8.76. The van der Waals surface area contributed by atoms with Gasteiger partial charge in [0.15, 0.2) is 0 Å². The molecule has 1 aromatic heterocycles. The number of aliphatic hydroxyl groups excluding tert-OH is 1. The van der Waals surface area contributed by atoms with Crippen LogP contribution in [0.4, 0.5) is 0 Å². The summed E-state index contributed by atoms with van der Waals surface area (Å²) in [5.74, 6) is 0. The van der Waals surface area contributed by atoms with Gasteiger partial charge in [0.1, 0.15) is 4.60 Å². The third-order valence-electron chi connectivity index (χ3n) is 1.05. The van der Waals surface area contributed by atoms with Gasteiger partial charge in [-0.15, -0.1) is 0 Å². The van der Waals surface area contributed by atoms with Gasteiger partial charge in [-0.25, -0.2) is 4.98 Å². The normalized spacial score (nSPS) is 8.75. The molecule has 0 aliphatic heterocycles. The minimum Gasteiger partial charge on any atom is -0.392 e. The van der Waals surface area contributed by atoms with Crippen LogP contribution in [0.2, 0.25) is 5.02 Å². The van der Waals surface area contributed by atoms with Crippen LogP contribution in [0, 0.1) is 0 Å². The topological polar surface area (TPSA) is 33.1 Å². The van der Waals surface area contributed by atoms with Crippen molar-refractivity contribution in [2.75, 3.05) is 0 Å². The van der Waals surface area contributed by atoms with Crippen molar-refractivity contribution in [3.63, 3.8) is 0 Å². The van der Waals surface area contributed by atoms with Crippen molar-refractivity contribution in [2.45, 2.75) is 20.5 Å². The summed E-state index contributed by atoms with van der Waals surface area (Å²) in [6, 6.07) is 1.67. The molecule has 1 N–H and O–H groups in total. The first-order chi connectivity index (χ1) is 5.74. The Labute approximate surface area is 85.7 Å². The highest BCUT2D eigenvalue weighted by atomic mass is 79.9. The molecular formula is C8H11BrClNO. The Balaban J connectivity index is 0.000000561. The highest BCUT2D eigenvalue weighted by Gasteiger charge is 1.98. The van der Waals surface area contributed by atoms with Crippen LogP contribution in [0.3, 0.4) is 0 Å². The third-order valence-corrected chi connectivity index (χ3v) is 1.97. The Morgan fingerprint density at radius 2 is 2.17 bits per heavy atom. The summed E-state index contributed by atoms with van der Waals surface area (Å²) in [7, 11) is 0. The second kappa shape index (κ2) is 6.40. The van der Waals surface area contributed by atoms with E-state index >= 15 is 0 Å². The maximum absolute atomic E-state index is 8.71. The summed E-state index contributed by atoms with van der Waals surface area (Å²) < 4.78 is 0.638. The van der Waals surface area contributed by atoms with Gasteiger partial charge in [0.2, 0.25) is 0 Å². The minimum atomic E-state index is -0.0475. The van der Waals surface area contributed by atoms with Crippen molar-refractivity contribution in [1.29, 1.82) is 0 Å². The molecule has 2 nitrogen and oxygen atoms in total. The lowest BCUT2D eigenvalue weighted by molar-refractivity contribution is 0.280. The van der Waals surface area contributed by atoms with Crippen LogP contribution in [-0.4, -0.2) is 10.1 Å². The number of hydrogen-bond acceptors (Lipinski definition) is 2. The van der Waals surface area contributed by atoms with Gasteiger partial charge in [0.05, 0.1) is 11.6 Å². The molecule has 1 aromatic rings. The highest BCUT2D eigenvalue weighted by molar-refractivity contribution is 9.10. The van der Waals surface area contributed by atoms with E-state index in [0.29, 0.717) is 15.2 Å². The molecule has 0 amide bonds. The summed E-state index contributed by atoms with van der Waals surface area (Å²) in [6.45, 7) is 3.95. The smallest absolute Gasteiger partial charge is 0.111 e. The van der Waals surface area contributed by atoms with Crippen LogP contribution in [0.15, 0.2) is 16.9 Å². The van der Waals surface area contributed by atoms with Crippen LogP contribution >= 0.6 is 27.5 Å². The van der Waals surface area contributed by atoms with E-state index in [1.807, 2.05) is 13.8 Å². The Hall–Kier alpha value is -0.120. The van der Waals surface area contributed by atoms with Crippen molar-refractivity contribution in [3.8, 4) is 0 Å². The molecule has 0 aromatic carbocycles. The van der Waals surface area contributed by atoms with E-state index in [1.54, 1.807) is 6.07 Å². The zero-order valence-electron chi connectivity index (χ0n) is 7.01. The van der Waals surface area contributed by atoms with Crippen LogP contribution in [-0.2, 0) is 6.61 Å². The molecule has 0 fully saturated rings. The Morgan fingerprint density at radius 3 is 2.58 bits per heavy atom. The van der Waals surface area contributed by atoms with Gasteiger partial charge in [-0.1, -0.05) is 25.4 Å². The molecule has 12 heavy (non-hydrogen) atoms. The molecule has 0 atom stereocenters. The number of hydrogen-bond donors (Lipinski definition) is 1. The molecule has 0 unspecified atom stereocenters. The molecule has 0 bridgehead atoms. The molecule has 4 heteroatoms. The SMILES string of the molecule is CC.OCc1cc(Cl)cnc1Br. The van der Waals surface area contributed by atoms with Crippen LogP contribution in [0.1, 0.15) is 19.4 Å². The standard InChI is InChI=1S/C6H5BrClNO.C2H6/c7-6-4(3-10)1-5(8)2-9-6;1-2/h1-2,10H,3H2;1-2H3. The fourth-order valence-corrected chi connectivity index (χ4v) is 1.10. The minimum absolute atomic E-state index is 0.0475. The van der Waals surface area contributed by atoms with Gasteiger partial charge in [-0.2, -0.15) is 0 Å². The maximum atomic E-state index is 8.71. The van der Waals surface area contributed by atoms with Gasteiger partial charge in [0.25, 0.3) is 0 Å². The zero-order valence-corrected chi connectivity index (χ0v) is 9.35. The lowest BCUT2D eigenvalue weighted by Crippen LogP contribution is -1.87. The predicted molar refractivity (Wildman–Crippen MR) is 54.2 cm³/mol. The molecule has 1 rings (SSSR count). The van der Waals surface area contributed by atoms with E-state index in [0.717, 1.165) is 0 Å². The quantitative estimate of drug-likeness (QED) is 0.780. The first kappa shape index (κ1) is 11.9. The molecular weight excluding hydrogens is 241 g/mol. The number of pyridine rings is 1. The fourth-order valence-electron chi connectivity index (χ4n) is 0.575. The van der Waals surface area contributed by atoms with Gasteiger partial charge in [-0.3, -0.25) is 0 Å². The number of aromatic nitrogens is 1. The number of nitrogens with zero attached hydrogens (tertiary/aromatic N) is 1. The van der Waals surface area contributed by atoms with Crippen molar-refractivity contribution in [3.05, 3.63) is 27.5 Å². The lowest BCUT2D eigenvalue weighted by Gasteiger charge is -1.97. The third kappa shape index (κ3) is 3.52. The van der Waals surface area contributed by atoms with E-state index < -0.39 is 0 Å². The Bertz CT molecular complexity index is 242. The van der Waals surface area contributed by atoms with E-state index in [9.17, 15) is 0 Å². The predicted octanol–water partition coefficient (Wildman–Crippen LogP) is 3.02. The van der Waals surface area contributed by atoms with Crippen LogP contribution in [0.5, 0.6) is 0 Å². The number of rotatable bonds is 1. The number of aliphatic hydroxyl groups is 1. The van der Waals surface area contributed by atoms with Crippen molar-refractivity contribution in [2.24, 2.45) is 0 Å². The monoisotopic (exact) mass is 251 g/mol. The average Bonchev–Trinajstić information content (AvgIpc) is 2.13. The van der Waals surface area contributed by atoms with Gasteiger partial charge >= 0.3 is 0 Å². The summed E-state index contributed by atoms with van der Waals surface area (Å²) in [5, 5.41) is 9.25. The highest BCUT2D eigenvalue weighted by Crippen LogP contribution is 2.17. The molecule has 0 saturated heterocycles. The average molecular weight is 253 g/mol. The Morgan fingerprint density at radius 1 is 1.58 bits per heavy atom. The van der Waals surface area contributed by atoms with Crippen molar-refractivity contribution >= 4 is 27.5 Å². The maximum Gasteiger partial charge on any atom is 0.111 e. The summed E-state index contributed by atoms with van der Waals surface area (Å²) in [5.41, 5.74) is 0.701. The Kier molecular flexibility index (Phi) is 6.34. The summed E-state index contributed by atoms with van der Waals surface area (Å²) in [4.78, 5) is 3.87. The largest absolute Gasteiger partial charge is 0.392 e. The zero-order chi connectivity index (χ0) is 9.56. The number of halogens is 2. The van der Waals surface area contributed by atoms with E-state index in [4.69, 9.17) is 16.7 Å².